The molecule has 1 unspecified atom stereocenters. The molecule has 6 rings (SSSR count). The van der Waals surface area contributed by atoms with E-state index in [9.17, 15) is 24.3 Å². The molecule has 268 valence electrons. The third-order valence-corrected chi connectivity index (χ3v) is 12.0. The van der Waals surface area contributed by atoms with Crippen LogP contribution in [0.2, 0.25) is 0 Å². The maximum Gasteiger partial charge on any atom is 0.407 e. The number of alkyl carbamates (subject to hydrolysis) is 1. The van der Waals surface area contributed by atoms with Crippen LogP contribution in [0.15, 0.2) is 28.1 Å². The van der Waals surface area contributed by atoms with Crippen molar-refractivity contribution in [3.8, 4) is 11.3 Å². The lowest BCUT2D eigenvalue weighted by Crippen LogP contribution is -2.53. The predicted molar refractivity (Wildman–Crippen MR) is 194 cm³/mol. The van der Waals surface area contributed by atoms with Gasteiger partial charge in [-0.1, -0.05) is 27.7 Å². The molecule has 0 spiro atoms. The summed E-state index contributed by atoms with van der Waals surface area (Å²) in [5.41, 5.74) is 5.15. The lowest BCUT2D eigenvalue weighted by Gasteiger charge is -2.31. The van der Waals surface area contributed by atoms with E-state index in [4.69, 9.17) is 14.7 Å². The maximum absolute atomic E-state index is 13.6. The molecule has 15 heteroatoms. The number of imidazole rings is 1. The van der Waals surface area contributed by atoms with Crippen LogP contribution in [-0.4, -0.2) is 99.3 Å². The van der Waals surface area contributed by atoms with Crippen LogP contribution in [0.1, 0.15) is 77.2 Å². The molecule has 3 aliphatic rings. The molecule has 0 saturated carbocycles. The number of carbonyl (C=O) groups is 4. The highest BCUT2D eigenvalue weighted by Crippen LogP contribution is 2.44. The number of aromatic nitrogens is 2. The van der Waals surface area contributed by atoms with Crippen LogP contribution in [0.3, 0.4) is 0 Å². The number of hydrogen-bond acceptors (Lipinski definition) is 10. The standard InChI is InChI=1S/C35H45N7O6S2/c1-18(2)28(39-27(44)15-43)33(45)42-11-7-9-26(42)32-37-14-24(38-32)22-17-50-30-21(16-49-31(22)30)20-12-23(36-13-20)25-8-6-10-41(25)34(46)29(19(3)4)40-35(47)48-5/h13-14,16-19,25-26,28-29,43H,6-12,15H2,1-5H3,(H,37,38)(H,39,44)(H,40,47)/t25?,26-,28-,29-/m0/s1. The van der Waals surface area contributed by atoms with Gasteiger partial charge in [0.15, 0.2) is 0 Å². The maximum atomic E-state index is 13.6. The van der Waals surface area contributed by atoms with Crippen LogP contribution in [-0.2, 0) is 19.1 Å². The average molecular weight is 724 g/mol. The van der Waals surface area contributed by atoms with E-state index in [1.807, 2.05) is 45.0 Å². The van der Waals surface area contributed by atoms with Gasteiger partial charge < -0.3 is 35.3 Å². The summed E-state index contributed by atoms with van der Waals surface area (Å²) < 4.78 is 7.08. The Labute approximate surface area is 299 Å². The number of nitrogens with zero attached hydrogens (tertiary/aromatic N) is 4. The lowest BCUT2D eigenvalue weighted by atomic mass is 9.98. The van der Waals surface area contributed by atoms with E-state index in [0.29, 0.717) is 25.3 Å². The number of amides is 4. The van der Waals surface area contributed by atoms with Gasteiger partial charge in [0.25, 0.3) is 0 Å². The Morgan fingerprint density at radius 3 is 2.18 bits per heavy atom. The fourth-order valence-corrected chi connectivity index (χ4v) is 9.64. The quantitative estimate of drug-likeness (QED) is 0.222. The molecule has 2 fully saturated rings. The van der Waals surface area contributed by atoms with Crippen molar-refractivity contribution in [2.24, 2.45) is 16.8 Å². The summed E-state index contributed by atoms with van der Waals surface area (Å²) in [4.78, 5) is 67.8. The van der Waals surface area contributed by atoms with Gasteiger partial charge in [-0.15, -0.1) is 22.7 Å². The van der Waals surface area contributed by atoms with E-state index in [0.717, 1.165) is 58.5 Å². The molecule has 0 aliphatic carbocycles. The Kier molecular flexibility index (Phi) is 10.7. The van der Waals surface area contributed by atoms with Gasteiger partial charge in [-0.05, 0) is 43.1 Å². The molecule has 3 aliphatic heterocycles. The topological polar surface area (TPSA) is 169 Å². The van der Waals surface area contributed by atoms with E-state index in [1.165, 1.54) is 11.8 Å². The molecule has 50 heavy (non-hydrogen) atoms. The Morgan fingerprint density at radius 2 is 1.54 bits per heavy atom. The molecular weight excluding hydrogens is 679 g/mol. The van der Waals surface area contributed by atoms with E-state index >= 15 is 0 Å². The van der Waals surface area contributed by atoms with Gasteiger partial charge in [0.1, 0.15) is 24.5 Å². The van der Waals surface area contributed by atoms with Crippen molar-refractivity contribution in [3.63, 3.8) is 0 Å². The molecule has 0 aromatic carbocycles. The van der Waals surface area contributed by atoms with Gasteiger partial charge in [-0.3, -0.25) is 19.4 Å². The average Bonchev–Trinajstić information content (AvgIpc) is 3.94. The molecule has 13 nitrogen and oxygen atoms in total. The number of methoxy groups -OCH3 is 1. The number of ether oxygens (including phenoxy) is 1. The summed E-state index contributed by atoms with van der Waals surface area (Å²) >= 11 is 3.35. The van der Waals surface area contributed by atoms with Gasteiger partial charge >= 0.3 is 6.09 Å². The van der Waals surface area contributed by atoms with Gasteiger partial charge in [-0.25, -0.2) is 9.78 Å². The first kappa shape index (κ1) is 35.7. The van der Waals surface area contributed by atoms with Gasteiger partial charge in [0.05, 0.1) is 40.5 Å². The van der Waals surface area contributed by atoms with Crippen molar-refractivity contribution < 1.29 is 29.0 Å². The SMILES string of the molecule is COC(=O)N[C@H](C(=O)N1CCCC1C1=NC=C(c2csc3c(-c4cnc([C@@H]5CCCN5C(=O)[C@@H](NC(=O)CO)C(C)C)[nH]4)csc23)C1)C(C)C. The smallest absolute Gasteiger partial charge is 0.407 e. The number of rotatable bonds is 11. The number of aliphatic imine (C=N–C) groups is 1. The third kappa shape index (κ3) is 6.95. The highest BCUT2D eigenvalue weighted by molar-refractivity contribution is 7.27. The molecule has 4 atom stereocenters. The highest BCUT2D eigenvalue weighted by Gasteiger charge is 2.39. The molecule has 3 aromatic heterocycles. The minimum atomic E-state index is -0.724. The van der Waals surface area contributed by atoms with Crippen molar-refractivity contribution >= 4 is 67.2 Å². The van der Waals surface area contributed by atoms with Gasteiger partial charge in [0.2, 0.25) is 17.7 Å². The number of nitrogens with one attached hydrogen (secondary N) is 3. The first-order chi connectivity index (χ1) is 24.0. The largest absolute Gasteiger partial charge is 0.453 e. The fourth-order valence-electron chi connectivity index (χ4n) is 7.17. The van der Waals surface area contributed by atoms with Crippen LogP contribution in [0.4, 0.5) is 4.79 Å². The molecule has 2 saturated heterocycles. The van der Waals surface area contributed by atoms with Crippen LogP contribution in [0.5, 0.6) is 0 Å². The first-order valence-corrected chi connectivity index (χ1v) is 18.9. The second-order valence-corrected chi connectivity index (χ2v) is 15.5. The van der Waals surface area contributed by atoms with Gasteiger partial charge in [0, 0.05) is 53.3 Å². The van der Waals surface area contributed by atoms with Crippen molar-refractivity contribution in [2.45, 2.75) is 84.0 Å². The highest BCUT2D eigenvalue weighted by atomic mass is 32.1. The molecule has 6 heterocycles. The fraction of sp³-hybridized carbons (Fsp3) is 0.543. The number of carbonyl (C=O) groups excluding carboxylic acids is 4. The number of thiophene rings is 2. The second kappa shape index (κ2) is 15.0. The van der Waals surface area contributed by atoms with Crippen molar-refractivity contribution in [1.82, 2.24) is 30.4 Å². The molecule has 0 bridgehead atoms. The zero-order valence-corrected chi connectivity index (χ0v) is 30.7. The normalized spacial score (nSPS) is 20.4. The summed E-state index contributed by atoms with van der Waals surface area (Å²) in [5.74, 6) is -0.363. The number of aliphatic hydroxyl groups is 1. The number of H-pyrrole nitrogens is 1. The number of allylic oxidation sites excluding steroid dienone is 1. The van der Waals surface area contributed by atoms with Crippen molar-refractivity contribution in [1.29, 1.82) is 0 Å². The van der Waals surface area contributed by atoms with Gasteiger partial charge in [-0.2, -0.15) is 0 Å². The first-order valence-electron chi connectivity index (χ1n) is 17.2. The number of aliphatic hydroxyl groups excluding tert-OH is 1. The summed E-state index contributed by atoms with van der Waals surface area (Å²) in [5, 5.41) is 18.9. The minimum Gasteiger partial charge on any atom is -0.453 e. The predicted octanol–water partition coefficient (Wildman–Crippen LogP) is 4.71. The molecule has 4 N–H and O–H groups in total. The second-order valence-electron chi connectivity index (χ2n) is 13.8. The van der Waals surface area contributed by atoms with E-state index in [2.05, 4.69) is 26.4 Å². The number of aromatic amines is 1. The minimum absolute atomic E-state index is 0.0939. The van der Waals surface area contributed by atoms with E-state index in [-0.39, 0.29) is 35.7 Å². The molecular formula is C35H45N7O6S2. The number of likely N-dealkylation sites (tertiary alicyclic amines) is 2. The van der Waals surface area contributed by atoms with Crippen molar-refractivity contribution in [2.75, 3.05) is 26.8 Å². The van der Waals surface area contributed by atoms with Crippen LogP contribution in [0.25, 0.3) is 26.2 Å². The lowest BCUT2D eigenvalue weighted by molar-refractivity contribution is -0.139. The third-order valence-electron chi connectivity index (χ3n) is 9.83. The summed E-state index contributed by atoms with van der Waals surface area (Å²) in [6.07, 6.45) is 7.09. The van der Waals surface area contributed by atoms with E-state index < -0.39 is 30.7 Å². The summed E-state index contributed by atoms with van der Waals surface area (Å²) in [6.45, 7) is 8.11. The Hall–Kier alpha value is -4.08. The molecule has 0 radical (unpaired) electrons. The monoisotopic (exact) mass is 723 g/mol. The van der Waals surface area contributed by atoms with Crippen LogP contribution in [0, 0.1) is 11.8 Å². The number of hydrogen-bond donors (Lipinski definition) is 4. The Bertz CT molecular complexity index is 1820. The zero-order valence-electron chi connectivity index (χ0n) is 29.0. The molecule has 3 aromatic rings. The molecule has 4 amide bonds. The van der Waals surface area contributed by atoms with Crippen LogP contribution >= 0.6 is 22.7 Å². The Morgan fingerprint density at radius 1 is 0.940 bits per heavy atom. The number of fused-ring (bicyclic) bond motifs is 1. The summed E-state index contributed by atoms with van der Waals surface area (Å²) in [6, 6.07) is -1.74. The summed E-state index contributed by atoms with van der Waals surface area (Å²) in [7, 11) is 1.29. The van der Waals surface area contributed by atoms with E-state index in [1.54, 1.807) is 27.6 Å². The van der Waals surface area contributed by atoms with Crippen LogP contribution < -0.4 is 10.6 Å². The van der Waals surface area contributed by atoms with Crippen molar-refractivity contribution in [3.05, 3.63) is 34.5 Å². The zero-order chi connectivity index (χ0) is 35.7. The Balaban J connectivity index is 1.15.